The Kier molecular flexibility index (Phi) is 4.83. The number of anilines is 1. The number of morpholine rings is 1. The highest BCUT2D eigenvalue weighted by Gasteiger charge is 2.28. The molecular formula is C17H21N5O4S. The van der Waals surface area contributed by atoms with Crippen molar-refractivity contribution in [2.24, 2.45) is 0 Å². The van der Waals surface area contributed by atoms with E-state index in [1.807, 2.05) is 6.92 Å². The number of aromatic nitrogens is 3. The van der Waals surface area contributed by atoms with Gasteiger partial charge in [-0.2, -0.15) is 5.10 Å². The maximum Gasteiger partial charge on any atom is 0.358 e. The predicted octanol–water partition coefficient (Wildman–Crippen LogP) is 0.927. The summed E-state index contributed by atoms with van der Waals surface area (Å²) in [7, 11) is 1.33. The van der Waals surface area contributed by atoms with Crippen molar-refractivity contribution in [3.05, 3.63) is 28.0 Å². The van der Waals surface area contributed by atoms with Crippen LogP contribution in [0.3, 0.4) is 0 Å². The number of carbonyl (C=O) groups excluding carboxylic acids is 2. The van der Waals surface area contributed by atoms with E-state index >= 15 is 0 Å². The quantitative estimate of drug-likeness (QED) is 0.719. The molecule has 4 heterocycles. The fourth-order valence-corrected chi connectivity index (χ4v) is 4.34. The van der Waals surface area contributed by atoms with Crippen LogP contribution in [0.5, 0.6) is 0 Å². The number of thiazole rings is 1. The Morgan fingerprint density at radius 3 is 2.74 bits per heavy atom. The molecule has 0 unspecified atom stereocenters. The molecule has 144 valence electrons. The second-order valence-electron chi connectivity index (χ2n) is 6.47. The van der Waals surface area contributed by atoms with E-state index < -0.39 is 5.97 Å². The van der Waals surface area contributed by atoms with Gasteiger partial charge in [0, 0.05) is 19.6 Å². The first-order chi connectivity index (χ1) is 13.1. The van der Waals surface area contributed by atoms with E-state index in [1.165, 1.54) is 18.4 Å². The van der Waals surface area contributed by atoms with Crippen molar-refractivity contribution in [2.75, 3.05) is 44.9 Å². The van der Waals surface area contributed by atoms with Crippen LogP contribution in [0.2, 0.25) is 0 Å². The molecule has 0 aliphatic carbocycles. The van der Waals surface area contributed by atoms with Crippen LogP contribution in [0.15, 0.2) is 6.07 Å². The minimum absolute atomic E-state index is 0.0309. The number of amides is 1. The Hall–Kier alpha value is -2.46. The Balaban J connectivity index is 1.51. The van der Waals surface area contributed by atoms with Crippen LogP contribution < -0.4 is 4.90 Å². The van der Waals surface area contributed by atoms with Gasteiger partial charge in [-0.05, 0) is 13.0 Å². The van der Waals surface area contributed by atoms with Gasteiger partial charge in [0.2, 0.25) is 0 Å². The van der Waals surface area contributed by atoms with Gasteiger partial charge < -0.3 is 19.3 Å². The second-order valence-corrected chi connectivity index (χ2v) is 7.45. The lowest BCUT2D eigenvalue weighted by Crippen LogP contribution is -2.38. The monoisotopic (exact) mass is 391 g/mol. The van der Waals surface area contributed by atoms with Gasteiger partial charge >= 0.3 is 5.97 Å². The molecule has 2 aliphatic heterocycles. The van der Waals surface area contributed by atoms with Gasteiger partial charge in [0.15, 0.2) is 10.8 Å². The number of nitrogens with zero attached hydrogens (tertiary/aromatic N) is 5. The molecule has 0 bridgehead atoms. The molecule has 1 fully saturated rings. The minimum Gasteiger partial charge on any atom is -0.464 e. The van der Waals surface area contributed by atoms with E-state index in [0.29, 0.717) is 37.7 Å². The molecule has 0 atom stereocenters. The maximum atomic E-state index is 13.1. The number of ether oxygens (including phenoxy) is 2. The first-order valence-electron chi connectivity index (χ1n) is 8.81. The number of methoxy groups -OCH3 is 1. The van der Waals surface area contributed by atoms with Crippen molar-refractivity contribution < 1.29 is 19.1 Å². The maximum absolute atomic E-state index is 13.1. The van der Waals surface area contributed by atoms with Gasteiger partial charge in [0.25, 0.3) is 5.91 Å². The third kappa shape index (κ3) is 3.42. The normalized spacial score (nSPS) is 17.0. The summed E-state index contributed by atoms with van der Waals surface area (Å²) >= 11 is 1.43. The molecule has 9 nitrogen and oxygen atoms in total. The van der Waals surface area contributed by atoms with Crippen molar-refractivity contribution in [2.45, 2.75) is 20.0 Å². The Labute approximate surface area is 160 Å². The standard InChI is InChI=1S/C17H21N5O4S/c1-11-14(27-17(18-11)20-5-7-26-8-6-20)15(23)21-3-4-22-12(10-21)9-13(19-22)16(24)25-2/h9H,3-8,10H2,1-2H3. The SMILES string of the molecule is COC(=O)c1cc2n(n1)CCN(C(=O)c1sc(N3CCOCC3)nc1C)C2. The van der Waals surface area contributed by atoms with Gasteiger partial charge in [-0.3, -0.25) is 9.48 Å². The summed E-state index contributed by atoms with van der Waals surface area (Å²) in [6, 6.07) is 1.68. The van der Waals surface area contributed by atoms with Crippen LogP contribution in [0.1, 0.15) is 31.5 Å². The molecule has 4 rings (SSSR count). The average Bonchev–Trinajstić information content (AvgIpc) is 3.30. The molecule has 0 spiro atoms. The van der Waals surface area contributed by atoms with Crippen molar-refractivity contribution in [1.82, 2.24) is 19.7 Å². The summed E-state index contributed by atoms with van der Waals surface area (Å²) in [5.74, 6) is -0.500. The van der Waals surface area contributed by atoms with Crippen LogP contribution in [0.25, 0.3) is 0 Å². The highest BCUT2D eigenvalue weighted by atomic mass is 32.1. The van der Waals surface area contributed by atoms with Crippen LogP contribution in [0.4, 0.5) is 5.13 Å². The minimum atomic E-state index is -0.469. The van der Waals surface area contributed by atoms with E-state index in [0.717, 1.165) is 29.6 Å². The van der Waals surface area contributed by atoms with E-state index in [9.17, 15) is 9.59 Å². The highest BCUT2D eigenvalue weighted by Crippen LogP contribution is 2.29. The van der Waals surface area contributed by atoms with Crippen molar-refractivity contribution in [3.63, 3.8) is 0 Å². The number of hydrogen-bond donors (Lipinski definition) is 0. The van der Waals surface area contributed by atoms with Crippen LogP contribution in [-0.4, -0.2) is 71.5 Å². The Bertz CT molecular complexity index is 871. The van der Waals surface area contributed by atoms with Crippen LogP contribution >= 0.6 is 11.3 Å². The second kappa shape index (κ2) is 7.28. The summed E-state index contributed by atoms with van der Waals surface area (Å²) in [6.07, 6.45) is 0. The molecule has 2 aliphatic rings. The largest absolute Gasteiger partial charge is 0.464 e. The van der Waals surface area contributed by atoms with Crippen LogP contribution in [-0.2, 0) is 22.6 Å². The third-order valence-corrected chi connectivity index (χ3v) is 5.95. The first kappa shape index (κ1) is 17.9. The molecule has 1 amide bonds. The first-order valence-corrected chi connectivity index (χ1v) is 9.63. The van der Waals surface area contributed by atoms with Gasteiger partial charge in [0.1, 0.15) is 4.88 Å². The molecule has 2 aromatic rings. The van der Waals surface area contributed by atoms with Gasteiger partial charge in [-0.1, -0.05) is 11.3 Å². The zero-order valence-corrected chi connectivity index (χ0v) is 16.1. The molecule has 10 heteroatoms. The molecule has 1 saturated heterocycles. The number of rotatable bonds is 3. The lowest BCUT2D eigenvalue weighted by molar-refractivity contribution is 0.0591. The average molecular weight is 391 g/mol. The fourth-order valence-electron chi connectivity index (χ4n) is 3.26. The smallest absolute Gasteiger partial charge is 0.358 e. The van der Waals surface area contributed by atoms with Crippen molar-refractivity contribution in [1.29, 1.82) is 0 Å². The molecule has 0 saturated carbocycles. The number of fused-ring (bicyclic) bond motifs is 1. The molecule has 0 N–H and O–H groups in total. The van der Waals surface area contributed by atoms with Crippen LogP contribution in [0, 0.1) is 6.92 Å². The fraction of sp³-hybridized carbons (Fsp3) is 0.529. The van der Waals surface area contributed by atoms with E-state index in [2.05, 4.69) is 15.0 Å². The number of hydrogen-bond acceptors (Lipinski definition) is 8. The molecule has 0 aromatic carbocycles. The third-order valence-electron chi connectivity index (χ3n) is 4.74. The molecule has 0 radical (unpaired) electrons. The molecule has 27 heavy (non-hydrogen) atoms. The summed E-state index contributed by atoms with van der Waals surface area (Å²) in [5, 5.41) is 5.12. The lowest BCUT2D eigenvalue weighted by atomic mass is 10.2. The summed E-state index contributed by atoms with van der Waals surface area (Å²) in [5.41, 5.74) is 1.84. The number of aryl methyl sites for hydroxylation is 1. The van der Waals surface area contributed by atoms with E-state index in [-0.39, 0.29) is 11.6 Å². The van der Waals surface area contributed by atoms with Gasteiger partial charge in [-0.25, -0.2) is 9.78 Å². The van der Waals surface area contributed by atoms with Crippen molar-refractivity contribution in [3.8, 4) is 0 Å². The molecule has 2 aromatic heterocycles. The topological polar surface area (TPSA) is 89.8 Å². The zero-order chi connectivity index (χ0) is 19.0. The Morgan fingerprint density at radius 2 is 2.00 bits per heavy atom. The number of esters is 1. The molecular weight excluding hydrogens is 370 g/mol. The zero-order valence-electron chi connectivity index (χ0n) is 15.3. The highest BCUT2D eigenvalue weighted by molar-refractivity contribution is 7.17. The summed E-state index contributed by atoms with van der Waals surface area (Å²) < 4.78 is 11.9. The van der Waals surface area contributed by atoms with E-state index in [4.69, 9.17) is 9.47 Å². The number of carbonyl (C=O) groups is 2. The van der Waals surface area contributed by atoms with E-state index in [1.54, 1.807) is 15.6 Å². The Morgan fingerprint density at radius 1 is 1.22 bits per heavy atom. The van der Waals surface area contributed by atoms with Crippen molar-refractivity contribution >= 4 is 28.3 Å². The predicted molar refractivity (Wildman–Crippen MR) is 98.2 cm³/mol. The summed E-state index contributed by atoms with van der Waals surface area (Å²) in [6.45, 7) is 6.32. The summed E-state index contributed by atoms with van der Waals surface area (Å²) in [4.78, 5) is 33.9. The van der Waals surface area contributed by atoms with Gasteiger partial charge in [0.05, 0.1) is 44.8 Å². The lowest BCUT2D eigenvalue weighted by Gasteiger charge is -2.27. The van der Waals surface area contributed by atoms with Gasteiger partial charge in [-0.15, -0.1) is 0 Å².